The zero-order valence-electron chi connectivity index (χ0n) is 12.6. The van der Waals surface area contributed by atoms with E-state index in [1.54, 1.807) is 18.6 Å². The molecule has 0 bridgehead atoms. The molecule has 3 rings (SSSR count). The highest BCUT2D eigenvalue weighted by atomic mass is 16.5. The Balaban J connectivity index is 2.27. The molecule has 0 N–H and O–H groups in total. The van der Waals surface area contributed by atoms with Crippen LogP contribution in [0.25, 0.3) is 16.9 Å². The molecule has 2 heterocycles. The van der Waals surface area contributed by atoms with Crippen molar-refractivity contribution in [3.8, 4) is 28.8 Å². The molecule has 0 atom stereocenters. The van der Waals surface area contributed by atoms with Crippen LogP contribution in [-0.2, 0) is 0 Å². The molecular weight excluding hydrogens is 278 g/mol. The zero-order valence-corrected chi connectivity index (χ0v) is 12.6. The van der Waals surface area contributed by atoms with E-state index in [-0.39, 0.29) is 0 Å². The quantitative estimate of drug-likeness (QED) is 0.744. The second kappa shape index (κ2) is 5.41. The summed E-state index contributed by atoms with van der Waals surface area (Å²) < 4.78 is 12.4. The van der Waals surface area contributed by atoms with E-state index in [4.69, 9.17) is 9.47 Å². The lowest BCUT2D eigenvalue weighted by molar-refractivity contribution is 0.355. The molecule has 0 unspecified atom stereocenters. The van der Waals surface area contributed by atoms with Crippen LogP contribution in [0, 0.1) is 18.3 Å². The lowest BCUT2D eigenvalue weighted by atomic mass is 10.1. The number of ether oxygens (including phenoxy) is 2. The van der Waals surface area contributed by atoms with Gasteiger partial charge in [0.15, 0.2) is 17.2 Å². The smallest absolute Gasteiger partial charge is 0.161 e. The molecule has 1 aromatic carbocycles. The summed E-state index contributed by atoms with van der Waals surface area (Å²) in [6.45, 7) is 1.97. The molecule has 0 aliphatic carbocycles. The van der Waals surface area contributed by atoms with Crippen molar-refractivity contribution in [3.05, 3.63) is 47.8 Å². The highest BCUT2D eigenvalue weighted by molar-refractivity contribution is 5.72. The van der Waals surface area contributed by atoms with E-state index in [1.807, 2.05) is 43.5 Å². The highest BCUT2D eigenvalue weighted by Gasteiger charge is 2.16. The molecule has 0 saturated heterocycles. The first-order valence-electron chi connectivity index (χ1n) is 6.79. The molecule has 2 aromatic heterocycles. The lowest BCUT2D eigenvalue weighted by Gasteiger charge is -2.08. The van der Waals surface area contributed by atoms with Crippen molar-refractivity contribution in [1.82, 2.24) is 9.38 Å². The van der Waals surface area contributed by atoms with Crippen LogP contribution < -0.4 is 9.47 Å². The van der Waals surface area contributed by atoms with Crippen LogP contribution in [0.3, 0.4) is 0 Å². The average molecular weight is 293 g/mol. The van der Waals surface area contributed by atoms with Gasteiger partial charge in [0.25, 0.3) is 0 Å². The van der Waals surface area contributed by atoms with Crippen molar-refractivity contribution in [2.75, 3.05) is 14.2 Å². The Labute approximate surface area is 128 Å². The Bertz CT molecular complexity index is 891. The number of hydrogen-bond acceptors (Lipinski definition) is 4. The summed E-state index contributed by atoms with van der Waals surface area (Å²) in [5.41, 5.74) is 3.76. The number of nitriles is 1. The fourth-order valence-electron chi connectivity index (χ4n) is 2.50. The van der Waals surface area contributed by atoms with Crippen LogP contribution in [0.1, 0.15) is 11.3 Å². The molecule has 22 heavy (non-hydrogen) atoms. The van der Waals surface area contributed by atoms with Gasteiger partial charge in [0.2, 0.25) is 0 Å². The fraction of sp³-hybridized carbons (Fsp3) is 0.176. The molecule has 0 amide bonds. The van der Waals surface area contributed by atoms with Crippen molar-refractivity contribution in [3.63, 3.8) is 0 Å². The Morgan fingerprint density at radius 2 is 1.91 bits per heavy atom. The van der Waals surface area contributed by atoms with Crippen molar-refractivity contribution >= 4 is 5.65 Å². The van der Waals surface area contributed by atoms with Gasteiger partial charge in [0, 0.05) is 11.8 Å². The van der Waals surface area contributed by atoms with E-state index in [0.29, 0.717) is 22.9 Å². The number of rotatable bonds is 3. The Hall–Kier alpha value is -3.00. The van der Waals surface area contributed by atoms with Crippen molar-refractivity contribution in [2.24, 2.45) is 0 Å². The third kappa shape index (κ3) is 2.06. The van der Waals surface area contributed by atoms with Crippen LogP contribution in [0.5, 0.6) is 11.5 Å². The van der Waals surface area contributed by atoms with E-state index in [0.717, 1.165) is 16.8 Å². The summed E-state index contributed by atoms with van der Waals surface area (Å²) in [6, 6.07) is 11.6. The number of benzene rings is 1. The Kier molecular flexibility index (Phi) is 3.43. The van der Waals surface area contributed by atoms with Gasteiger partial charge in [-0.1, -0.05) is 6.07 Å². The molecule has 110 valence electrons. The summed E-state index contributed by atoms with van der Waals surface area (Å²) >= 11 is 0. The molecule has 0 radical (unpaired) electrons. The molecule has 3 aromatic rings. The first-order valence-corrected chi connectivity index (χ1v) is 6.79. The molecule has 0 aliphatic heterocycles. The summed E-state index contributed by atoms with van der Waals surface area (Å²) in [5.74, 6) is 1.25. The van der Waals surface area contributed by atoms with E-state index in [1.165, 1.54) is 0 Å². The average Bonchev–Trinajstić information content (AvgIpc) is 2.94. The van der Waals surface area contributed by atoms with E-state index in [2.05, 4.69) is 11.1 Å². The van der Waals surface area contributed by atoms with Gasteiger partial charge in [-0.15, -0.1) is 0 Å². The molecule has 5 nitrogen and oxygen atoms in total. The molecule has 0 fully saturated rings. The first kappa shape index (κ1) is 14.0. The van der Waals surface area contributed by atoms with Gasteiger partial charge in [0.1, 0.15) is 17.4 Å². The normalized spacial score (nSPS) is 10.5. The standard InChI is InChI=1S/C17H15N3O2/c1-11-5-4-8-20-13(10-18)16(19-17(11)20)12-6-7-14(21-2)15(9-12)22-3/h4-9H,1-3H3. The first-order chi connectivity index (χ1) is 10.7. The van der Waals surface area contributed by atoms with Crippen molar-refractivity contribution < 1.29 is 9.47 Å². The summed E-state index contributed by atoms with van der Waals surface area (Å²) in [7, 11) is 3.17. The van der Waals surface area contributed by atoms with Crippen molar-refractivity contribution in [2.45, 2.75) is 6.92 Å². The zero-order chi connectivity index (χ0) is 15.7. The maximum Gasteiger partial charge on any atom is 0.161 e. The third-order valence-electron chi connectivity index (χ3n) is 3.61. The SMILES string of the molecule is COc1ccc(-c2nc3c(C)cccn3c2C#N)cc1OC. The van der Waals surface area contributed by atoms with E-state index in [9.17, 15) is 5.26 Å². The number of hydrogen-bond donors (Lipinski definition) is 0. The van der Waals surface area contributed by atoms with Crippen LogP contribution in [0.2, 0.25) is 0 Å². The van der Waals surface area contributed by atoms with Gasteiger partial charge >= 0.3 is 0 Å². The fourth-order valence-corrected chi connectivity index (χ4v) is 2.50. The van der Waals surface area contributed by atoms with Crippen molar-refractivity contribution in [1.29, 1.82) is 5.26 Å². The molecular formula is C17H15N3O2. The minimum atomic E-state index is 0.505. The number of pyridine rings is 1. The summed E-state index contributed by atoms with van der Waals surface area (Å²) in [4.78, 5) is 4.63. The van der Waals surface area contributed by atoms with E-state index < -0.39 is 0 Å². The van der Waals surface area contributed by atoms with Gasteiger partial charge < -0.3 is 9.47 Å². The van der Waals surface area contributed by atoms with Crippen LogP contribution in [0.15, 0.2) is 36.5 Å². The van der Waals surface area contributed by atoms with Crippen LogP contribution >= 0.6 is 0 Å². The van der Waals surface area contributed by atoms with Crippen LogP contribution in [-0.4, -0.2) is 23.6 Å². The van der Waals surface area contributed by atoms with Gasteiger partial charge in [-0.25, -0.2) is 4.98 Å². The number of aryl methyl sites for hydroxylation is 1. The maximum absolute atomic E-state index is 9.52. The number of fused-ring (bicyclic) bond motifs is 1. The second-order valence-electron chi connectivity index (χ2n) is 4.88. The van der Waals surface area contributed by atoms with Gasteiger partial charge in [-0.3, -0.25) is 4.40 Å². The Morgan fingerprint density at radius 3 is 2.59 bits per heavy atom. The topological polar surface area (TPSA) is 59.5 Å². The second-order valence-corrected chi connectivity index (χ2v) is 4.88. The summed E-state index contributed by atoms with van der Waals surface area (Å²) in [5, 5.41) is 9.52. The largest absolute Gasteiger partial charge is 0.493 e. The monoisotopic (exact) mass is 293 g/mol. The maximum atomic E-state index is 9.52. The number of aromatic nitrogens is 2. The predicted molar refractivity (Wildman–Crippen MR) is 83.2 cm³/mol. The van der Waals surface area contributed by atoms with Gasteiger partial charge in [-0.05, 0) is 36.8 Å². The predicted octanol–water partition coefficient (Wildman–Crippen LogP) is 3.20. The molecule has 5 heteroatoms. The Morgan fingerprint density at radius 1 is 1.14 bits per heavy atom. The van der Waals surface area contributed by atoms with Gasteiger partial charge in [-0.2, -0.15) is 5.26 Å². The highest BCUT2D eigenvalue weighted by Crippen LogP contribution is 2.33. The molecule has 0 saturated carbocycles. The van der Waals surface area contributed by atoms with Crippen LogP contribution in [0.4, 0.5) is 0 Å². The van der Waals surface area contributed by atoms with Gasteiger partial charge in [0.05, 0.1) is 14.2 Å². The van der Waals surface area contributed by atoms with E-state index >= 15 is 0 Å². The minimum absolute atomic E-state index is 0.505. The lowest BCUT2D eigenvalue weighted by Crippen LogP contribution is -1.92. The number of nitrogens with zero attached hydrogens (tertiary/aromatic N) is 3. The number of imidazole rings is 1. The molecule has 0 spiro atoms. The molecule has 0 aliphatic rings. The summed E-state index contributed by atoms with van der Waals surface area (Å²) in [6.07, 6.45) is 1.85. The number of methoxy groups -OCH3 is 2. The minimum Gasteiger partial charge on any atom is -0.493 e. The third-order valence-corrected chi connectivity index (χ3v) is 3.61.